The van der Waals surface area contributed by atoms with Gasteiger partial charge in [0.2, 0.25) is 5.91 Å². The van der Waals surface area contributed by atoms with Crippen molar-refractivity contribution in [3.8, 4) is 0 Å². The van der Waals surface area contributed by atoms with Crippen LogP contribution in [-0.4, -0.2) is 49.3 Å². The topological polar surface area (TPSA) is 69.7 Å². The lowest BCUT2D eigenvalue weighted by molar-refractivity contribution is -0.121. The molecule has 2 aromatic rings. The Labute approximate surface area is 158 Å². The lowest BCUT2D eigenvalue weighted by atomic mass is 10.1. The van der Waals surface area contributed by atoms with Gasteiger partial charge in [-0.05, 0) is 30.7 Å². The van der Waals surface area contributed by atoms with E-state index in [4.69, 9.17) is 0 Å². The van der Waals surface area contributed by atoms with Crippen LogP contribution in [0.4, 0.5) is 5.69 Å². The molecular formula is C21H23N3O3. The molecule has 2 aromatic carbocycles. The number of nitrogens with zero attached hydrogens (tertiary/aromatic N) is 2. The minimum absolute atomic E-state index is 0.0993. The molecule has 1 heterocycles. The third-order valence-corrected chi connectivity index (χ3v) is 4.63. The number of rotatable bonds is 8. The fourth-order valence-electron chi connectivity index (χ4n) is 3.10. The normalized spacial score (nSPS) is 12.9. The second kappa shape index (κ2) is 8.49. The van der Waals surface area contributed by atoms with Gasteiger partial charge < -0.3 is 10.2 Å². The molecule has 27 heavy (non-hydrogen) atoms. The fourth-order valence-corrected chi connectivity index (χ4v) is 3.10. The molecule has 0 atom stereocenters. The highest BCUT2D eigenvalue weighted by Crippen LogP contribution is 2.22. The van der Waals surface area contributed by atoms with E-state index in [0.29, 0.717) is 17.7 Å². The van der Waals surface area contributed by atoms with E-state index >= 15 is 0 Å². The molecule has 0 fully saturated rings. The van der Waals surface area contributed by atoms with E-state index in [1.54, 1.807) is 24.3 Å². The van der Waals surface area contributed by atoms with Crippen LogP contribution < -0.4 is 10.2 Å². The predicted molar refractivity (Wildman–Crippen MR) is 104 cm³/mol. The summed E-state index contributed by atoms with van der Waals surface area (Å²) in [6, 6.07) is 16.8. The van der Waals surface area contributed by atoms with Crippen LogP contribution in [0.5, 0.6) is 0 Å². The molecule has 1 N–H and O–H groups in total. The Kier molecular flexibility index (Phi) is 5.86. The van der Waals surface area contributed by atoms with Gasteiger partial charge in [0.1, 0.15) is 0 Å². The lowest BCUT2D eigenvalue weighted by Crippen LogP contribution is -2.35. The van der Waals surface area contributed by atoms with Gasteiger partial charge in [0.25, 0.3) is 11.8 Å². The van der Waals surface area contributed by atoms with Crippen molar-refractivity contribution in [2.75, 3.05) is 31.6 Å². The van der Waals surface area contributed by atoms with Crippen molar-refractivity contribution in [1.29, 1.82) is 0 Å². The summed E-state index contributed by atoms with van der Waals surface area (Å²) >= 11 is 0. The smallest absolute Gasteiger partial charge is 0.261 e. The zero-order valence-corrected chi connectivity index (χ0v) is 15.4. The van der Waals surface area contributed by atoms with Gasteiger partial charge in [-0.1, -0.05) is 30.3 Å². The number of hydrogen-bond acceptors (Lipinski definition) is 4. The summed E-state index contributed by atoms with van der Waals surface area (Å²) in [5.74, 6) is -0.810. The van der Waals surface area contributed by atoms with E-state index in [2.05, 4.69) is 10.2 Å². The standard InChI is InChI=1S/C21H23N3O3/c1-23(16-8-3-2-4-9-16)14-7-13-22-19(25)12-15-24-20(26)17-10-5-6-11-18(17)21(24)27/h2-6,8-11H,7,12-15H2,1H3,(H,22,25). The van der Waals surface area contributed by atoms with Gasteiger partial charge in [0.15, 0.2) is 0 Å². The molecule has 3 amide bonds. The summed E-state index contributed by atoms with van der Waals surface area (Å²) in [5.41, 5.74) is 1.95. The number of hydrogen-bond donors (Lipinski definition) is 1. The summed E-state index contributed by atoms with van der Waals surface area (Å²) in [4.78, 5) is 39.8. The lowest BCUT2D eigenvalue weighted by Gasteiger charge is -2.19. The molecule has 0 saturated heterocycles. The summed E-state index contributed by atoms with van der Waals surface area (Å²) in [6.07, 6.45) is 0.921. The van der Waals surface area contributed by atoms with Crippen LogP contribution in [0.2, 0.25) is 0 Å². The van der Waals surface area contributed by atoms with Gasteiger partial charge in [0.05, 0.1) is 11.1 Å². The molecule has 0 aliphatic carbocycles. The number of benzene rings is 2. The second-order valence-corrected chi connectivity index (χ2v) is 6.52. The monoisotopic (exact) mass is 365 g/mol. The molecule has 1 aliphatic heterocycles. The molecule has 6 nitrogen and oxygen atoms in total. The second-order valence-electron chi connectivity index (χ2n) is 6.52. The van der Waals surface area contributed by atoms with Crippen molar-refractivity contribution in [3.63, 3.8) is 0 Å². The molecule has 0 spiro atoms. The first-order valence-electron chi connectivity index (χ1n) is 9.06. The van der Waals surface area contributed by atoms with Gasteiger partial charge in [-0.25, -0.2) is 0 Å². The van der Waals surface area contributed by atoms with Crippen LogP contribution in [0, 0.1) is 0 Å². The SMILES string of the molecule is CN(CCCNC(=O)CCN1C(=O)c2ccccc2C1=O)c1ccccc1. The van der Waals surface area contributed by atoms with Gasteiger partial charge >= 0.3 is 0 Å². The highest BCUT2D eigenvalue weighted by molar-refractivity contribution is 6.21. The number of carbonyl (C=O) groups excluding carboxylic acids is 3. The van der Waals surface area contributed by atoms with Crippen LogP contribution in [0.25, 0.3) is 0 Å². The number of fused-ring (bicyclic) bond motifs is 1. The molecular weight excluding hydrogens is 342 g/mol. The Hall–Kier alpha value is -3.15. The molecule has 0 aromatic heterocycles. The summed E-state index contributed by atoms with van der Waals surface area (Å²) < 4.78 is 0. The number of carbonyl (C=O) groups is 3. The first-order chi connectivity index (χ1) is 13.1. The maximum atomic E-state index is 12.3. The van der Waals surface area contributed by atoms with Crippen LogP contribution >= 0.6 is 0 Å². The fraction of sp³-hybridized carbons (Fsp3) is 0.286. The summed E-state index contributed by atoms with van der Waals surface area (Å²) in [7, 11) is 2.01. The number of nitrogens with one attached hydrogen (secondary N) is 1. The van der Waals surface area contributed by atoms with Crippen molar-refractivity contribution < 1.29 is 14.4 Å². The highest BCUT2D eigenvalue weighted by Gasteiger charge is 2.34. The molecule has 1 aliphatic rings. The maximum absolute atomic E-state index is 12.3. The van der Waals surface area contributed by atoms with E-state index in [1.165, 1.54) is 0 Å². The van der Waals surface area contributed by atoms with Crippen molar-refractivity contribution in [2.24, 2.45) is 0 Å². The van der Waals surface area contributed by atoms with Crippen molar-refractivity contribution in [1.82, 2.24) is 10.2 Å². The highest BCUT2D eigenvalue weighted by atomic mass is 16.2. The molecule has 0 saturated carbocycles. The first kappa shape index (κ1) is 18.6. The minimum Gasteiger partial charge on any atom is -0.375 e. The molecule has 6 heteroatoms. The van der Waals surface area contributed by atoms with Crippen LogP contribution in [-0.2, 0) is 4.79 Å². The molecule has 0 unspecified atom stereocenters. The number of anilines is 1. The zero-order chi connectivity index (χ0) is 19.2. The summed E-state index contributed by atoms with van der Waals surface area (Å²) in [6.45, 7) is 1.48. The number of amides is 3. The number of imide groups is 1. The van der Waals surface area contributed by atoms with Gasteiger partial charge in [0, 0.05) is 38.8 Å². The van der Waals surface area contributed by atoms with E-state index in [-0.39, 0.29) is 30.7 Å². The average Bonchev–Trinajstić information content (AvgIpc) is 2.94. The Balaban J connectivity index is 1.38. The quantitative estimate of drug-likeness (QED) is 0.576. The van der Waals surface area contributed by atoms with Crippen LogP contribution in [0.15, 0.2) is 54.6 Å². The summed E-state index contributed by atoms with van der Waals surface area (Å²) in [5, 5.41) is 2.85. The molecule has 0 bridgehead atoms. The Morgan fingerprint density at radius 2 is 1.56 bits per heavy atom. The van der Waals surface area contributed by atoms with E-state index in [0.717, 1.165) is 23.6 Å². The van der Waals surface area contributed by atoms with Gasteiger partial charge in [-0.3, -0.25) is 19.3 Å². The number of para-hydroxylation sites is 1. The van der Waals surface area contributed by atoms with Crippen molar-refractivity contribution >= 4 is 23.4 Å². The van der Waals surface area contributed by atoms with E-state index in [1.807, 2.05) is 37.4 Å². The van der Waals surface area contributed by atoms with Crippen molar-refractivity contribution in [3.05, 3.63) is 65.7 Å². The van der Waals surface area contributed by atoms with Gasteiger partial charge in [-0.2, -0.15) is 0 Å². The first-order valence-corrected chi connectivity index (χ1v) is 9.06. The Morgan fingerprint density at radius 1 is 0.963 bits per heavy atom. The molecule has 3 rings (SSSR count). The van der Waals surface area contributed by atoms with Crippen LogP contribution in [0.3, 0.4) is 0 Å². The largest absolute Gasteiger partial charge is 0.375 e. The van der Waals surface area contributed by atoms with E-state index < -0.39 is 0 Å². The molecule has 0 radical (unpaired) electrons. The maximum Gasteiger partial charge on any atom is 0.261 e. The third kappa shape index (κ3) is 4.34. The Morgan fingerprint density at radius 3 is 2.19 bits per heavy atom. The third-order valence-electron chi connectivity index (χ3n) is 4.63. The van der Waals surface area contributed by atoms with E-state index in [9.17, 15) is 14.4 Å². The van der Waals surface area contributed by atoms with Crippen LogP contribution in [0.1, 0.15) is 33.6 Å². The molecule has 140 valence electrons. The Bertz CT molecular complexity index is 801. The average molecular weight is 365 g/mol. The van der Waals surface area contributed by atoms with Gasteiger partial charge in [-0.15, -0.1) is 0 Å². The van der Waals surface area contributed by atoms with Crippen molar-refractivity contribution in [2.45, 2.75) is 12.8 Å². The predicted octanol–water partition coefficient (Wildman–Crippen LogP) is 2.32. The zero-order valence-electron chi connectivity index (χ0n) is 15.4. The minimum atomic E-state index is -0.326.